The first-order valence-corrected chi connectivity index (χ1v) is 21.7. The van der Waals surface area contributed by atoms with Crippen molar-refractivity contribution >= 4 is 29.2 Å². The zero-order chi connectivity index (χ0) is 42.5. The van der Waals surface area contributed by atoms with Gasteiger partial charge in [-0.05, 0) is 118 Å². The minimum absolute atomic E-state index is 0.862. The van der Waals surface area contributed by atoms with Crippen molar-refractivity contribution in [1.82, 2.24) is 9.55 Å². The molecule has 0 saturated carbocycles. The van der Waals surface area contributed by atoms with Gasteiger partial charge in [0.2, 0.25) is 0 Å². The fraction of sp³-hybridized carbons (Fsp3) is 0.0500. The second-order valence-corrected chi connectivity index (χ2v) is 15.9. The molecular formula is C60H47N3. The van der Waals surface area contributed by atoms with Crippen LogP contribution in [-0.4, -0.2) is 9.55 Å². The number of imidazole rings is 1. The van der Waals surface area contributed by atoms with Crippen LogP contribution in [0.2, 0.25) is 0 Å². The molecule has 0 atom stereocenters. The predicted octanol–water partition coefficient (Wildman–Crippen LogP) is 16.0. The molecular weight excluding hydrogens is 763 g/mol. The van der Waals surface area contributed by atoms with E-state index in [2.05, 4.69) is 228 Å². The van der Waals surface area contributed by atoms with Crippen molar-refractivity contribution in [3.63, 3.8) is 0 Å². The van der Waals surface area contributed by atoms with E-state index >= 15 is 0 Å². The van der Waals surface area contributed by atoms with Crippen LogP contribution in [0.25, 0.3) is 79.4 Å². The first-order chi connectivity index (χ1) is 31.1. The molecule has 0 unspecified atom stereocenters. The third kappa shape index (κ3) is 7.89. The smallest absolute Gasteiger partial charge is 0.145 e. The van der Waals surface area contributed by atoms with Gasteiger partial charge in [0.25, 0.3) is 0 Å². The second kappa shape index (κ2) is 17.5. The number of fused-ring (bicyclic) bond motifs is 1. The fourth-order valence-corrected chi connectivity index (χ4v) is 8.81. The first-order valence-electron chi connectivity index (χ1n) is 21.7. The number of para-hydroxylation sites is 2. The van der Waals surface area contributed by atoms with Gasteiger partial charge in [0.15, 0.2) is 0 Å². The quantitative estimate of drug-likeness (QED) is 0.130. The summed E-state index contributed by atoms with van der Waals surface area (Å²) >= 11 is 0. The molecule has 0 N–H and O–H groups in total. The minimum atomic E-state index is 0.862. The van der Waals surface area contributed by atoms with Gasteiger partial charge in [0.1, 0.15) is 5.82 Å². The molecule has 3 nitrogen and oxygen atoms in total. The highest BCUT2D eigenvalue weighted by molar-refractivity contribution is 5.90. The van der Waals surface area contributed by atoms with Crippen molar-refractivity contribution < 1.29 is 0 Å². The normalized spacial score (nSPS) is 12.2. The summed E-state index contributed by atoms with van der Waals surface area (Å²) in [5, 5.41) is 0. The van der Waals surface area contributed by atoms with Crippen molar-refractivity contribution in [2.45, 2.75) is 19.8 Å². The SMILES string of the molecule is C=Cc1nc(-c2ccc(-c3ccc(-c4ccc(-c5ccc(-c6ccc(N(C7=CCCc8ccccc87)c7ccccc7)cc6)cc5)cc4)cc3)cc2)n(-c2ccccc2)c1/C=C\C. The zero-order valence-electron chi connectivity index (χ0n) is 35.4. The van der Waals surface area contributed by atoms with Gasteiger partial charge >= 0.3 is 0 Å². The Morgan fingerprint density at radius 1 is 0.492 bits per heavy atom. The van der Waals surface area contributed by atoms with Gasteiger partial charge in [-0.1, -0.05) is 189 Å². The number of allylic oxidation sites excluding steroid dienone is 2. The molecule has 8 aromatic carbocycles. The highest BCUT2D eigenvalue weighted by Gasteiger charge is 2.21. The summed E-state index contributed by atoms with van der Waals surface area (Å²) in [5.74, 6) is 0.890. The lowest BCUT2D eigenvalue weighted by Gasteiger charge is -2.31. The lowest BCUT2D eigenvalue weighted by atomic mass is 9.93. The Kier molecular flexibility index (Phi) is 10.9. The fourth-order valence-electron chi connectivity index (χ4n) is 8.81. The van der Waals surface area contributed by atoms with Crippen molar-refractivity contribution in [1.29, 1.82) is 0 Å². The molecule has 9 aromatic rings. The molecule has 1 heterocycles. The largest absolute Gasteiger partial charge is 0.310 e. The van der Waals surface area contributed by atoms with Gasteiger partial charge in [-0.3, -0.25) is 4.57 Å². The summed E-state index contributed by atoms with van der Waals surface area (Å²) < 4.78 is 2.20. The van der Waals surface area contributed by atoms with Crippen LogP contribution in [0.1, 0.15) is 35.9 Å². The Morgan fingerprint density at radius 2 is 0.921 bits per heavy atom. The summed E-state index contributed by atoms with van der Waals surface area (Å²) in [4.78, 5) is 7.40. The summed E-state index contributed by atoms with van der Waals surface area (Å²) in [5.41, 5.74) is 19.8. The molecule has 302 valence electrons. The number of hydrogen-bond donors (Lipinski definition) is 0. The van der Waals surface area contributed by atoms with Crippen LogP contribution in [0, 0.1) is 0 Å². The molecule has 0 radical (unpaired) electrons. The predicted molar refractivity (Wildman–Crippen MR) is 267 cm³/mol. The van der Waals surface area contributed by atoms with Crippen molar-refractivity contribution in [3.05, 3.63) is 248 Å². The summed E-state index contributed by atoms with van der Waals surface area (Å²) in [7, 11) is 0. The van der Waals surface area contributed by atoms with Crippen molar-refractivity contribution in [3.8, 4) is 61.6 Å². The maximum Gasteiger partial charge on any atom is 0.145 e. The molecule has 0 amide bonds. The Balaban J connectivity index is 0.832. The molecule has 0 aliphatic heterocycles. The van der Waals surface area contributed by atoms with Crippen molar-refractivity contribution in [2.24, 2.45) is 0 Å². The topological polar surface area (TPSA) is 21.1 Å². The van der Waals surface area contributed by atoms with E-state index in [1.807, 2.05) is 25.1 Å². The summed E-state index contributed by atoms with van der Waals surface area (Å²) in [6.45, 7) is 6.07. The average Bonchev–Trinajstić information content (AvgIpc) is 3.73. The summed E-state index contributed by atoms with van der Waals surface area (Å²) in [6.07, 6.45) is 10.5. The van der Waals surface area contributed by atoms with Gasteiger partial charge in [0, 0.05) is 33.9 Å². The minimum Gasteiger partial charge on any atom is -0.310 e. The number of anilines is 2. The number of aryl methyl sites for hydroxylation is 1. The highest BCUT2D eigenvalue weighted by atomic mass is 15.2. The van der Waals surface area contributed by atoms with E-state index in [9.17, 15) is 0 Å². The lowest BCUT2D eigenvalue weighted by molar-refractivity contribution is 0.968. The summed E-state index contributed by atoms with van der Waals surface area (Å²) in [6, 6.07) is 74.2. The lowest BCUT2D eigenvalue weighted by Crippen LogP contribution is -2.18. The Morgan fingerprint density at radius 3 is 1.41 bits per heavy atom. The molecule has 1 aromatic heterocycles. The van der Waals surface area contributed by atoms with E-state index in [-0.39, 0.29) is 0 Å². The van der Waals surface area contributed by atoms with Crippen LogP contribution in [0.4, 0.5) is 11.4 Å². The van der Waals surface area contributed by atoms with Crippen molar-refractivity contribution in [2.75, 3.05) is 4.90 Å². The van der Waals surface area contributed by atoms with Crippen LogP contribution < -0.4 is 4.90 Å². The molecule has 10 rings (SSSR count). The van der Waals surface area contributed by atoms with E-state index in [4.69, 9.17) is 4.98 Å². The van der Waals surface area contributed by atoms with Crippen LogP contribution >= 0.6 is 0 Å². The monoisotopic (exact) mass is 809 g/mol. The number of rotatable bonds is 11. The van der Waals surface area contributed by atoms with Crippen LogP contribution in [0.3, 0.4) is 0 Å². The maximum atomic E-state index is 5.01. The number of nitrogens with zero attached hydrogens (tertiary/aromatic N) is 3. The number of benzene rings is 8. The third-order valence-electron chi connectivity index (χ3n) is 12.0. The van der Waals surface area contributed by atoms with Crippen LogP contribution in [0.5, 0.6) is 0 Å². The number of hydrogen-bond acceptors (Lipinski definition) is 2. The van der Waals surface area contributed by atoms with Gasteiger partial charge in [-0.15, -0.1) is 0 Å². The first kappa shape index (κ1) is 39.1. The molecule has 0 saturated heterocycles. The van der Waals surface area contributed by atoms with E-state index in [0.717, 1.165) is 58.2 Å². The molecule has 1 aliphatic carbocycles. The van der Waals surface area contributed by atoms with E-state index in [1.54, 1.807) is 0 Å². The van der Waals surface area contributed by atoms with Gasteiger partial charge in [0.05, 0.1) is 11.4 Å². The Labute approximate surface area is 370 Å². The molecule has 1 aliphatic rings. The molecule has 0 bridgehead atoms. The molecule has 0 spiro atoms. The number of aromatic nitrogens is 2. The standard InChI is InChI=1S/C60H47N3/c1-3-14-59-57(4-2)61-60(63(59)54-19-9-6-10-20-54)52-37-35-49(36-38-52)47-29-27-45(28-30-47)43-23-25-44(26-24-43)46-31-33-48(34-32-46)50-39-41-55(42-40-50)62(53-17-7-5-8-18-53)58-22-13-16-51-15-11-12-21-56(51)58/h3-12,14-15,17-42H,2,13,16H2,1H3/b14-3-. The maximum absolute atomic E-state index is 5.01. The zero-order valence-corrected chi connectivity index (χ0v) is 35.4. The van der Waals surface area contributed by atoms with E-state index < -0.39 is 0 Å². The second-order valence-electron chi connectivity index (χ2n) is 15.9. The molecule has 3 heteroatoms. The van der Waals surface area contributed by atoms with Gasteiger partial charge in [-0.25, -0.2) is 4.98 Å². The Hall–Kier alpha value is -8.01. The van der Waals surface area contributed by atoms with E-state index in [0.29, 0.717) is 0 Å². The van der Waals surface area contributed by atoms with Gasteiger partial charge < -0.3 is 4.90 Å². The highest BCUT2D eigenvalue weighted by Crippen LogP contribution is 2.39. The molecule has 63 heavy (non-hydrogen) atoms. The van der Waals surface area contributed by atoms with Gasteiger partial charge in [-0.2, -0.15) is 0 Å². The van der Waals surface area contributed by atoms with E-state index in [1.165, 1.54) is 55.8 Å². The third-order valence-corrected chi connectivity index (χ3v) is 12.0. The van der Waals surface area contributed by atoms with Crippen LogP contribution in [0.15, 0.2) is 225 Å². The molecule has 0 fully saturated rings. The average molecular weight is 810 g/mol. The Bertz CT molecular complexity index is 3060. The van der Waals surface area contributed by atoms with Crippen LogP contribution in [-0.2, 0) is 6.42 Å².